The first-order valence-corrected chi connectivity index (χ1v) is 8.05. The molecule has 22 heavy (non-hydrogen) atoms. The molecule has 1 unspecified atom stereocenters. The molecule has 0 aromatic carbocycles. The average molecular weight is 325 g/mol. The predicted molar refractivity (Wildman–Crippen MR) is 83.7 cm³/mol. The molecule has 1 aromatic rings. The van der Waals surface area contributed by atoms with Crippen LogP contribution in [0, 0.1) is 5.92 Å². The quantitative estimate of drug-likeness (QED) is 0.668. The van der Waals surface area contributed by atoms with Crippen LogP contribution in [-0.2, 0) is 9.53 Å². The number of halogens is 1. The maximum Gasteiger partial charge on any atom is 0.342 e. The van der Waals surface area contributed by atoms with Gasteiger partial charge >= 0.3 is 5.97 Å². The molecule has 1 amide bonds. The zero-order chi connectivity index (χ0) is 15.9. The Kier molecular flexibility index (Phi) is 6.19. The van der Waals surface area contributed by atoms with Gasteiger partial charge in [0, 0.05) is 12.7 Å². The van der Waals surface area contributed by atoms with Crippen LogP contribution in [0.2, 0.25) is 5.15 Å². The van der Waals surface area contributed by atoms with E-state index in [9.17, 15) is 9.59 Å². The summed E-state index contributed by atoms with van der Waals surface area (Å²) in [6.07, 6.45) is 6.67. The van der Waals surface area contributed by atoms with Crippen molar-refractivity contribution in [3.05, 3.63) is 29.0 Å². The van der Waals surface area contributed by atoms with Crippen molar-refractivity contribution in [3.8, 4) is 0 Å². The third kappa shape index (κ3) is 4.70. The van der Waals surface area contributed by atoms with E-state index in [1.54, 1.807) is 13.0 Å². The molecule has 6 heteroatoms. The Morgan fingerprint density at radius 2 is 2.14 bits per heavy atom. The monoisotopic (exact) mass is 324 g/mol. The Bertz CT molecular complexity index is 530. The summed E-state index contributed by atoms with van der Waals surface area (Å²) >= 11 is 5.83. The summed E-state index contributed by atoms with van der Waals surface area (Å²) < 4.78 is 5.14. The second-order valence-corrected chi connectivity index (χ2v) is 6.00. The highest BCUT2D eigenvalue weighted by molar-refractivity contribution is 6.32. The van der Waals surface area contributed by atoms with Crippen molar-refractivity contribution in [1.29, 1.82) is 0 Å². The summed E-state index contributed by atoms with van der Waals surface area (Å²) in [5, 5.41) is 2.93. The molecule has 1 aliphatic carbocycles. The zero-order valence-electron chi connectivity index (χ0n) is 12.7. The standard InChI is InChI=1S/C16H21ClN2O3/c1-11(15(20)19-10-12-6-3-2-4-7-12)22-16(21)13-8-5-9-18-14(13)17/h5,8-9,11-12H,2-4,6-7,10H2,1H3,(H,19,20). The molecule has 0 spiro atoms. The van der Waals surface area contributed by atoms with Gasteiger partial charge in [-0.15, -0.1) is 0 Å². The second kappa shape index (κ2) is 8.13. The Labute approximate surface area is 135 Å². The van der Waals surface area contributed by atoms with Crippen LogP contribution in [-0.4, -0.2) is 29.5 Å². The molecule has 0 aliphatic heterocycles. The van der Waals surface area contributed by atoms with E-state index < -0.39 is 12.1 Å². The van der Waals surface area contributed by atoms with Crippen LogP contribution in [0.15, 0.2) is 18.3 Å². The molecule has 0 radical (unpaired) electrons. The number of carbonyl (C=O) groups is 2. The number of hydrogen-bond donors (Lipinski definition) is 1. The number of pyridine rings is 1. The molecule has 1 heterocycles. The summed E-state index contributed by atoms with van der Waals surface area (Å²) in [7, 11) is 0. The van der Waals surface area contributed by atoms with E-state index >= 15 is 0 Å². The number of hydrogen-bond acceptors (Lipinski definition) is 4. The summed E-state index contributed by atoms with van der Waals surface area (Å²) in [6.45, 7) is 2.20. The highest BCUT2D eigenvalue weighted by atomic mass is 35.5. The molecular formula is C16H21ClN2O3. The first kappa shape index (κ1) is 16.7. The maximum absolute atomic E-state index is 12.0. The van der Waals surface area contributed by atoms with Gasteiger partial charge in [-0.05, 0) is 37.8 Å². The van der Waals surface area contributed by atoms with Gasteiger partial charge < -0.3 is 10.1 Å². The number of esters is 1. The summed E-state index contributed by atoms with van der Waals surface area (Å²) in [6, 6.07) is 3.11. The molecule has 2 rings (SSSR count). The Balaban J connectivity index is 1.80. The first-order chi connectivity index (χ1) is 10.6. The SMILES string of the molecule is CC(OC(=O)c1cccnc1Cl)C(=O)NCC1CCCCC1. The van der Waals surface area contributed by atoms with Gasteiger partial charge in [0.1, 0.15) is 5.15 Å². The van der Waals surface area contributed by atoms with Gasteiger partial charge in [0.2, 0.25) is 0 Å². The number of amides is 1. The van der Waals surface area contributed by atoms with Gasteiger partial charge in [-0.25, -0.2) is 9.78 Å². The third-order valence-electron chi connectivity index (χ3n) is 3.92. The van der Waals surface area contributed by atoms with Crippen LogP contribution < -0.4 is 5.32 Å². The van der Waals surface area contributed by atoms with Crippen LogP contribution in [0.25, 0.3) is 0 Å². The highest BCUT2D eigenvalue weighted by Crippen LogP contribution is 2.22. The van der Waals surface area contributed by atoms with Crippen molar-refractivity contribution in [2.45, 2.75) is 45.1 Å². The minimum Gasteiger partial charge on any atom is -0.449 e. The van der Waals surface area contributed by atoms with Gasteiger partial charge in [0.25, 0.3) is 5.91 Å². The molecule has 1 saturated carbocycles. The van der Waals surface area contributed by atoms with E-state index in [0.29, 0.717) is 12.5 Å². The number of carbonyl (C=O) groups excluding carboxylic acids is 2. The number of ether oxygens (including phenoxy) is 1. The van der Waals surface area contributed by atoms with Gasteiger partial charge in [-0.2, -0.15) is 0 Å². The fourth-order valence-electron chi connectivity index (χ4n) is 2.60. The van der Waals surface area contributed by atoms with Crippen molar-refractivity contribution >= 4 is 23.5 Å². The summed E-state index contributed by atoms with van der Waals surface area (Å²) in [4.78, 5) is 27.8. The van der Waals surface area contributed by atoms with E-state index in [1.807, 2.05) is 0 Å². The average Bonchev–Trinajstić information content (AvgIpc) is 2.53. The molecule has 0 bridgehead atoms. The number of rotatable bonds is 5. The van der Waals surface area contributed by atoms with Crippen LogP contribution in [0.4, 0.5) is 0 Å². The Hall–Kier alpha value is -1.62. The normalized spacial score (nSPS) is 16.8. The third-order valence-corrected chi connectivity index (χ3v) is 4.22. The van der Waals surface area contributed by atoms with Crippen molar-refractivity contribution in [2.24, 2.45) is 5.92 Å². The molecule has 0 saturated heterocycles. The van der Waals surface area contributed by atoms with Crippen molar-refractivity contribution < 1.29 is 14.3 Å². The van der Waals surface area contributed by atoms with Gasteiger partial charge in [0.15, 0.2) is 6.10 Å². The van der Waals surface area contributed by atoms with Crippen LogP contribution in [0.3, 0.4) is 0 Å². The number of nitrogens with one attached hydrogen (secondary N) is 1. The lowest BCUT2D eigenvalue weighted by atomic mass is 9.89. The number of nitrogens with zero attached hydrogens (tertiary/aromatic N) is 1. The second-order valence-electron chi connectivity index (χ2n) is 5.64. The van der Waals surface area contributed by atoms with E-state index in [-0.39, 0.29) is 16.6 Å². The van der Waals surface area contributed by atoms with Crippen LogP contribution in [0.5, 0.6) is 0 Å². The fourth-order valence-corrected chi connectivity index (χ4v) is 2.79. The van der Waals surface area contributed by atoms with E-state index in [1.165, 1.54) is 31.5 Å². The summed E-state index contributed by atoms with van der Waals surface area (Å²) in [5.74, 6) is -0.384. The smallest absolute Gasteiger partial charge is 0.342 e. The topological polar surface area (TPSA) is 68.3 Å². The van der Waals surface area contributed by atoms with Gasteiger partial charge in [-0.1, -0.05) is 30.9 Å². The van der Waals surface area contributed by atoms with Crippen LogP contribution >= 0.6 is 11.6 Å². The lowest BCUT2D eigenvalue weighted by Crippen LogP contribution is -2.38. The van der Waals surface area contributed by atoms with E-state index in [2.05, 4.69) is 10.3 Å². The molecule has 1 aromatic heterocycles. The summed E-state index contributed by atoms with van der Waals surface area (Å²) in [5.41, 5.74) is 0.163. The van der Waals surface area contributed by atoms with Crippen molar-refractivity contribution in [2.75, 3.05) is 6.54 Å². The Morgan fingerprint density at radius 3 is 2.82 bits per heavy atom. The zero-order valence-corrected chi connectivity index (χ0v) is 13.4. The van der Waals surface area contributed by atoms with E-state index in [0.717, 1.165) is 12.8 Å². The molecule has 5 nitrogen and oxygen atoms in total. The molecular weight excluding hydrogens is 304 g/mol. The lowest BCUT2D eigenvalue weighted by molar-refractivity contribution is -0.129. The van der Waals surface area contributed by atoms with Gasteiger partial charge in [0.05, 0.1) is 5.56 Å². The van der Waals surface area contributed by atoms with Crippen LogP contribution in [0.1, 0.15) is 49.4 Å². The molecule has 1 aliphatic rings. The van der Waals surface area contributed by atoms with Gasteiger partial charge in [-0.3, -0.25) is 4.79 Å². The molecule has 1 fully saturated rings. The predicted octanol–water partition coefficient (Wildman–Crippen LogP) is 2.98. The molecule has 1 atom stereocenters. The minimum absolute atomic E-state index is 0.0716. The van der Waals surface area contributed by atoms with Crippen molar-refractivity contribution in [3.63, 3.8) is 0 Å². The molecule has 120 valence electrons. The number of aromatic nitrogens is 1. The largest absolute Gasteiger partial charge is 0.449 e. The molecule has 1 N–H and O–H groups in total. The first-order valence-electron chi connectivity index (χ1n) is 7.67. The lowest BCUT2D eigenvalue weighted by Gasteiger charge is -2.22. The highest BCUT2D eigenvalue weighted by Gasteiger charge is 2.22. The Morgan fingerprint density at radius 1 is 1.41 bits per heavy atom. The fraction of sp³-hybridized carbons (Fsp3) is 0.562. The maximum atomic E-state index is 12.0. The minimum atomic E-state index is -0.854. The van der Waals surface area contributed by atoms with E-state index in [4.69, 9.17) is 16.3 Å². The van der Waals surface area contributed by atoms with Crippen molar-refractivity contribution in [1.82, 2.24) is 10.3 Å².